The molecule has 0 radical (unpaired) electrons. The van der Waals surface area contributed by atoms with Gasteiger partial charge in [-0.2, -0.15) is 18.3 Å². The van der Waals surface area contributed by atoms with Crippen LogP contribution in [0, 0.1) is 0 Å². The van der Waals surface area contributed by atoms with Gasteiger partial charge in [0.25, 0.3) is 0 Å². The molecular formula is C15H18F3N3O2. The number of aromatic nitrogens is 3. The zero-order valence-electron chi connectivity index (χ0n) is 12.8. The quantitative estimate of drug-likeness (QED) is 0.885. The SMILES string of the molecule is CCC(O)Cn1nc(COC)nc1-c1ccc(C(F)(F)F)cc1. The number of hydrogen-bond acceptors (Lipinski definition) is 4. The first kappa shape index (κ1) is 17.4. The van der Waals surface area contributed by atoms with Crippen LogP contribution in [-0.2, 0) is 24.1 Å². The summed E-state index contributed by atoms with van der Waals surface area (Å²) in [7, 11) is 1.50. The molecular weight excluding hydrogens is 311 g/mol. The van der Waals surface area contributed by atoms with E-state index in [4.69, 9.17) is 4.74 Å². The number of hydrogen-bond donors (Lipinski definition) is 1. The molecule has 0 aliphatic rings. The molecule has 5 nitrogen and oxygen atoms in total. The predicted molar refractivity (Wildman–Crippen MR) is 77.5 cm³/mol. The second-order valence-electron chi connectivity index (χ2n) is 5.10. The van der Waals surface area contributed by atoms with Crippen molar-refractivity contribution in [1.82, 2.24) is 14.8 Å². The second kappa shape index (κ2) is 7.10. The van der Waals surface area contributed by atoms with E-state index in [0.29, 0.717) is 23.6 Å². The van der Waals surface area contributed by atoms with Crippen LogP contribution in [0.25, 0.3) is 11.4 Å². The Hall–Kier alpha value is -1.93. The fourth-order valence-corrected chi connectivity index (χ4v) is 2.06. The largest absolute Gasteiger partial charge is 0.416 e. The molecule has 1 heterocycles. The van der Waals surface area contributed by atoms with Crippen molar-refractivity contribution < 1.29 is 23.0 Å². The van der Waals surface area contributed by atoms with Gasteiger partial charge in [-0.1, -0.05) is 19.1 Å². The molecule has 1 aromatic carbocycles. The van der Waals surface area contributed by atoms with Crippen molar-refractivity contribution in [2.75, 3.05) is 7.11 Å². The Labute approximate surface area is 131 Å². The average Bonchev–Trinajstić information content (AvgIpc) is 2.89. The highest BCUT2D eigenvalue weighted by Gasteiger charge is 2.30. The van der Waals surface area contributed by atoms with E-state index in [1.165, 1.54) is 23.9 Å². The second-order valence-corrected chi connectivity index (χ2v) is 5.10. The van der Waals surface area contributed by atoms with E-state index in [1.807, 2.05) is 6.92 Å². The molecule has 126 valence electrons. The predicted octanol–water partition coefficient (Wildman–Crippen LogP) is 2.88. The third-order valence-electron chi connectivity index (χ3n) is 3.31. The molecule has 0 saturated carbocycles. The van der Waals surface area contributed by atoms with Crippen LogP contribution in [0.1, 0.15) is 24.7 Å². The molecule has 2 aromatic rings. The normalized spacial score (nSPS) is 13.3. The fraction of sp³-hybridized carbons (Fsp3) is 0.467. The van der Waals surface area contributed by atoms with Gasteiger partial charge in [0.05, 0.1) is 18.2 Å². The molecule has 1 N–H and O–H groups in total. The smallest absolute Gasteiger partial charge is 0.391 e. The Bertz CT molecular complexity index is 638. The van der Waals surface area contributed by atoms with Crippen LogP contribution >= 0.6 is 0 Å². The third kappa shape index (κ3) is 4.29. The van der Waals surface area contributed by atoms with Gasteiger partial charge in [-0.05, 0) is 18.6 Å². The number of rotatable bonds is 6. The highest BCUT2D eigenvalue weighted by atomic mass is 19.4. The van der Waals surface area contributed by atoms with Crippen LogP contribution < -0.4 is 0 Å². The van der Waals surface area contributed by atoms with Crippen LogP contribution in [0.5, 0.6) is 0 Å². The summed E-state index contributed by atoms with van der Waals surface area (Å²) in [5.41, 5.74) is -0.228. The molecule has 0 amide bonds. The van der Waals surface area contributed by atoms with Crippen molar-refractivity contribution >= 4 is 0 Å². The lowest BCUT2D eigenvalue weighted by atomic mass is 10.1. The van der Waals surface area contributed by atoms with Gasteiger partial charge >= 0.3 is 6.18 Å². The lowest BCUT2D eigenvalue weighted by Gasteiger charge is -2.11. The fourth-order valence-electron chi connectivity index (χ4n) is 2.06. The van der Waals surface area contributed by atoms with Crippen molar-refractivity contribution in [2.24, 2.45) is 0 Å². The van der Waals surface area contributed by atoms with Crippen molar-refractivity contribution in [2.45, 2.75) is 38.8 Å². The first-order valence-electron chi connectivity index (χ1n) is 7.13. The average molecular weight is 329 g/mol. The Kier molecular flexibility index (Phi) is 5.38. The zero-order valence-corrected chi connectivity index (χ0v) is 12.8. The Morgan fingerprint density at radius 1 is 1.26 bits per heavy atom. The molecule has 0 saturated heterocycles. The molecule has 0 spiro atoms. The van der Waals surface area contributed by atoms with Crippen LogP contribution in [0.4, 0.5) is 13.2 Å². The maximum absolute atomic E-state index is 12.6. The monoisotopic (exact) mass is 329 g/mol. The van der Waals surface area contributed by atoms with Gasteiger partial charge in [-0.15, -0.1) is 0 Å². The van der Waals surface area contributed by atoms with Crippen molar-refractivity contribution in [3.05, 3.63) is 35.7 Å². The van der Waals surface area contributed by atoms with E-state index >= 15 is 0 Å². The highest BCUT2D eigenvalue weighted by molar-refractivity contribution is 5.56. The minimum Gasteiger partial charge on any atom is -0.391 e. The zero-order chi connectivity index (χ0) is 17.0. The molecule has 1 unspecified atom stereocenters. The first-order chi connectivity index (χ1) is 10.8. The molecule has 8 heteroatoms. The Morgan fingerprint density at radius 3 is 2.43 bits per heavy atom. The van der Waals surface area contributed by atoms with Crippen molar-refractivity contribution in [3.63, 3.8) is 0 Å². The molecule has 0 bridgehead atoms. The summed E-state index contributed by atoms with van der Waals surface area (Å²) in [6, 6.07) is 4.69. The Balaban J connectivity index is 2.36. The number of halogens is 3. The van der Waals surface area contributed by atoms with E-state index < -0.39 is 17.8 Å². The number of aliphatic hydroxyl groups excluding tert-OH is 1. The summed E-state index contributed by atoms with van der Waals surface area (Å²) in [5.74, 6) is 0.809. The molecule has 0 aliphatic carbocycles. The minimum atomic E-state index is -4.38. The Morgan fingerprint density at radius 2 is 1.91 bits per heavy atom. The van der Waals surface area contributed by atoms with Crippen molar-refractivity contribution in [1.29, 1.82) is 0 Å². The van der Waals surface area contributed by atoms with Crippen molar-refractivity contribution in [3.8, 4) is 11.4 Å². The van der Waals surface area contributed by atoms with Crippen LogP contribution in [0.3, 0.4) is 0 Å². The topological polar surface area (TPSA) is 60.2 Å². The van der Waals surface area contributed by atoms with E-state index in [1.54, 1.807) is 0 Å². The molecule has 1 atom stereocenters. The highest BCUT2D eigenvalue weighted by Crippen LogP contribution is 2.30. The molecule has 23 heavy (non-hydrogen) atoms. The molecule has 0 aliphatic heterocycles. The number of aliphatic hydroxyl groups is 1. The van der Waals surface area contributed by atoms with E-state index in [9.17, 15) is 18.3 Å². The van der Waals surface area contributed by atoms with Gasteiger partial charge in [0.2, 0.25) is 0 Å². The van der Waals surface area contributed by atoms with E-state index in [-0.39, 0.29) is 13.2 Å². The number of nitrogens with zero attached hydrogens (tertiary/aromatic N) is 3. The standard InChI is InChI=1S/C15H18F3N3O2/c1-3-12(22)8-21-14(19-13(20-21)9-23-2)10-4-6-11(7-5-10)15(16,17)18/h4-7,12,22H,3,8-9H2,1-2H3. The number of ether oxygens (including phenoxy) is 1. The van der Waals surface area contributed by atoms with Gasteiger partial charge in [-0.25, -0.2) is 9.67 Å². The van der Waals surface area contributed by atoms with Gasteiger partial charge in [0, 0.05) is 12.7 Å². The van der Waals surface area contributed by atoms with Gasteiger partial charge in [-0.3, -0.25) is 0 Å². The summed E-state index contributed by atoms with van der Waals surface area (Å²) >= 11 is 0. The lowest BCUT2D eigenvalue weighted by molar-refractivity contribution is -0.137. The summed E-state index contributed by atoms with van der Waals surface area (Å²) < 4.78 is 44.4. The van der Waals surface area contributed by atoms with E-state index in [0.717, 1.165) is 12.1 Å². The summed E-state index contributed by atoms with van der Waals surface area (Å²) in [6.07, 6.45) is -4.46. The van der Waals surface area contributed by atoms with Gasteiger partial charge in [0.15, 0.2) is 11.6 Å². The lowest BCUT2D eigenvalue weighted by Crippen LogP contribution is -2.17. The van der Waals surface area contributed by atoms with Gasteiger partial charge < -0.3 is 9.84 Å². The molecule has 0 fully saturated rings. The van der Waals surface area contributed by atoms with Crippen LogP contribution in [0.2, 0.25) is 0 Å². The number of methoxy groups -OCH3 is 1. The summed E-state index contributed by atoms with van der Waals surface area (Å²) in [5, 5.41) is 14.0. The third-order valence-corrected chi connectivity index (χ3v) is 3.31. The minimum absolute atomic E-state index is 0.183. The maximum Gasteiger partial charge on any atom is 0.416 e. The number of benzene rings is 1. The van der Waals surface area contributed by atoms with Gasteiger partial charge in [0.1, 0.15) is 6.61 Å². The molecule has 1 aromatic heterocycles. The summed E-state index contributed by atoms with van der Waals surface area (Å²) in [6.45, 7) is 2.22. The first-order valence-corrected chi connectivity index (χ1v) is 7.13. The molecule has 2 rings (SSSR count). The number of alkyl halides is 3. The summed E-state index contributed by atoms with van der Waals surface area (Å²) in [4.78, 5) is 4.28. The van der Waals surface area contributed by atoms with E-state index in [2.05, 4.69) is 10.1 Å². The van der Waals surface area contributed by atoms with Crippen LogP contribution in [-0.4, -0.2) is 33.1 Å². The maximum atomic E-state index is 12.6. The van der Waals surface area contributed by atoms with Crippen LogP contribution in [0.15, 0.2) is 24.3 Å².